The van der Waals surface area contributed by atoms with E-state index in [2.05, 4.69) is 5.32 Å². The van der Waals surface area contributed by atoms with Gasteiger partial charge in [-0.25, -0.2) is 0 Å². The van der Waals surface area contributed by atoms with Crippen LogP contribution in [0.2, 0.25) is 0 Å². The van der Waals surface area contributed by atoms with E-state index in [0.29, 0.717) is 45.7 Å². The average molecular weight is 298 g/mol. The van der Waals surface area contributed by atoms with Gasteiger partial charge in [-0.3, -0.25) is 9.59 Å². The number of rotatable bonds is 4. The molecule has 21 heavy (non-hydrogen) atoms. The molecule has 0 aromatic heterocycles. The molecule has 0 saturated carbocycles. The smallest absolute Gasteiger partial charge is 0.237 e. The molecule has 0 radical (unpaired) electrons. The molecule has 0 unspecified atom stereocenters. The molecular weight excluding hydrogens is 272 g/mol. The zero-order valence-electron chi connectivity index (χ0n) is 13.2. The summed E-state index contributed by atoms with van der Waals surface area (Å²) in [5, 5.41) is 2.81. The molecule has 2 heterocycles. The van der Waals surface area contributed by atoms with Crippen molar-refractivity contribution in [2.75, 3.05) is 32.8 Å². The molecule has 2 rings (SSSR count). The third-order valence-corrected chi connectivity index (χ3v) is 4.26. The van der Waals surface area contributed by atoms with E-state index in [0.717, 1.165) is 6.42 Å². The molecule has 6 nitrogen and oxygen atoms in total. The molecule has 2 saturated heterocycles. The number of nitrogens with zero attached hydrogens (tertiary/aromatic N) is 1. The quantitative estimate of drug-likeness (QED) is 0.783. The van der Waals surface area contributed by atoms with Crippen molar-refractivity contribution in [3.63, 3.8) is 0 Å². The summed E-state index contributed by atoms with van der Waals surface area (Å²) in [6, 6.07) is 0. The van der Waals surface area contributed by atoms with Gasteiger partial charge in [0.15, 0.2) is 5.79 Å². The first-order valence-electron chi connectivity index (χ1n) is 7.77. The largest absolute Gasteiger partial charge is 0.355 e. The Labute approximate surface area is 126 Å². The van der Waals surface area contributed by atoms with Crippen LogP contribution in [0.5, 0.6) is 0 Å². The van der Waals surface area contributed by atoms with Crippen LogP contribution in [0.1, 0.15) is 40.0 Å². The van der Waals surface area contributed by atoms with E-state index in [4.69, 9.17) is 9.47 Å². The Hall–Kier alpha value is -1.14. The molecule has 120 valence electrons. The molecule has 0 aromatic carbocycles. The Morgan fingerprint density at radius 1 is 1.19 bits per heavy atom. The number of hydrogen-bond acceptors (Lipinski definition) is 4. The topological polar surface area (TPSA) is 67.9 Å². The van der Waals surface area contributed by atoms with Gasteiger partial charge in [0.25, 0.3) is 0 Å². The molecule has 0 aliphatic carbocycles. The number of carbonyl (C=O) groups excluding carboxylic acids is 2. The van der Waals surface area contributed by atoms with E-state index in [1.54, 1.807) is 18.7 Å². The minimum Gasteiger partial charge on any atom is -0.355 e. The second-order valence-corrected chi connectivity index (χ2v) is 6.28. The third kappa shape index (κ3) is 3.37. The van der Waals surface area contributed by atoms with Crippen molar-refractivity contribution >= 4 is 11.8 Å². The van der Waals surface area contributed by atoms with Gasteiger partial charge < -0.3 is 19.7 Å². The monoisotopic (exact) mass is 298 g/mol. The average Bonchev–Trinajstić information content (AvgIpc) is 2.93. The van der Waals surface area contributed by atoms with E-state index >= 15 is 0 Å². The van der Waals surface area contributed by atoms with Crippen molar-refractivity contribution in [3.8, 4) is 0 Å². The summed E-state index contributed by atoms with van der Waals surface area (Å²) in [7, 11) is 0. The summed E-state index contributed by atoms with van der Waals surface area (Å²) >= 11 is 0. The normalized spacial score (nSPS) is 21.6. The first-order valence-corrected chi connectivity index (χ1v) is 7.77. The van der Waals surface area contributed by atoms with E-state index in [9.17, 15) is 9.59 Å². The molecule has 0 atom stereocenters. The van der Waals surface area contributed by atoms with Gasteiger partial charge in [0, 0.05) is 32.5 Å². The lowest BCUT2D eigenvalue weighted by Crippen LogP contribution is -2.54. The highest BCUT2D eigenvalue weighted by Crippen LogP contribution is 2.32. The molecule has 2 amide bonds. The molecule has 6 heteroatoms. The number of piperidine rings is 1. The summed E-state index contributed by atoms with van der Waals surface area (Å²) in [4.78, 5) is 26.5. The van der Waals surface area contributed by atoms with Gasteiger partial charge in [0.1, 0.15) is 5.41 Å². The summed E-state index contributed by atoms with van der Waals surface area (Å²) in [5.74, 6) is -0.822. The van der Waals surface area contributed by atoms with Crippen LogP contribution in [-0.2, 0) is 19.1 Å². The lowest BCUT2D eigenvalue weighted by atomic mass is 9.89. The fourth-order valence-electron chi connectivity index (χ4n) is 2.79. The summed E-state index contributed by atoms with van der Waals surface area (Å²) in [5.41, 5.74) is -1.03. The second kappa shape index (κ2) is 6.32. The SMILES string of the molecule is CCCNC(=O)C(C)(C)C(=O)N1CCC2(CC1)OCCO2. The molecule has 2 aliphatic rings. The maximum absolute atomic E-state index is 12.6. The highest BCUT2D eigenvalue weighted by atomic mass is 16.7. The maximum atomic E-state index is 12.6. The molecule has 0 bridgehead atoms. The van der Waals surface area contributed by atoms with Crippen LogP contribution in [-0.4, -0.2) is 55.3 Å². The van der Waals surface area contributed by atoms with Crippen LogP contribution >= 0.6 is 0 Å². The van der Waals surface area contributed by atoms with E-state index in [1.165, 1.54) is 0 Å². The van der Waals surface area contributed by atoms with Crippen molar-refractivity contribution in [3.05, 3.63) is 0 Å². The van der Waals surface area contributed by atoms with Crippen molar-refractivity contribution < 1.29 is 19.1 Å². The lowest BCUT2D eigenvalue weighted by molar-refractivity contribution is -0.189. The van der Waals surface area contributed by atoms with Gasteiger partial charge in [-0.05, 0) is 20.3 Å². The van der Waals surface area contributed by atoms with E-state index < -0.39 is 11.2 Å². The zero-order valence-corrected chi connectivity index (χ0v) is 13.2. The van der Waals surface area contributed by atoms with Crippen LogP contribution in [0.15, 0.2) is 0 Å². The van der Waals surface area contributed by atoms with Crippen LogP contribution in [0.4, 0.5) is 0 Å². The molecule has 2 fully saturated rings. The molecular formula is C15H26N2O4. The standard InChI is InChI=1S/C15H26N2O4/c1-4-7-16-12(18)14(2,3)13(19)17-8-5-15(6-9-17)20-10-11-21-15/h4-11H2,1-3H3,(H,16,18). The molecule has 2 aliphatic heterocycles. The third-order valence-electron chi connectivity index (χ3n) is 4.26. The Bertz CT molecular complexity index is 392. The minimum atomic E-state index is -1.03. The van der Waals surface area contributed by atoms with E-state index in [1.807, 2.05) is 6.92 Å². The maximum Gasteiger partial charge on any atom is 0.237 e. The molecule has 1 N–H and O–H groups in total. The van der Waals surface area contributed by atoms with Crippen LogP contribution in [0, 0.1) is 5.41 Å². The van der Waals surface area contributed by atoms with Gasteiger partial charge in [-0.2, -0.15) is 0 Å². The number of ether oxygens (including phenoxy) is 2. The van der Waals surface area contributed by atoms with Gasteiger partial charge in [0.05, 0.1) is 13.2 Å². The van der Waals surface area contributed by atoms with E-state index in [-0.39, 0.29) is 11.8 Å². The highest BCUT2D eigenvalue weighted by molar-refractivity contribution is 6.04. The van der Waals surface area contributed by atoms with Gasteiger partial charge >= 0.3 is 0 Å². The lowest BCUT2D eigenvalue weighted by Gasteiger charge is -2.40. The van der Waals surface area contributed by atoms with Crippen molar-refractivity contribution in [2.24, 2.45) is 5.41 Å². The van der Waals surface area contributed by atoms with Crippen molar-refractivity contribution in [1.82, 2.24) is 10.2 Å². The number of amides is 2. The summed E-state index contributed by atoms with van der Waals surface area (Å²) in [6.07, 6.45) is 2.20. The Balaban J connectivity index is 1.92. The van der Waals surface area contributed by atoms with Gasteiger partial charge in [-0.1, -0.05) is 6.92 Å². The summed E-state index contributed by atoms with van der Waals surface area (Å²) < 4.78 is 11.3. The fraction of sp³-hybridized carbons (Fsp3) is 0.867. The number of hydrogen-bond donors (Lipinski definition) is 1. The van der Waals surface area contributed by atoms with Gasteiger partial charge in [-0.15, -0.1) is 0 Å². The first-order chi connectivity index (χ1) is 9.91. The minimum absolute atomic E-state index is 0.121. The Morgan fingerprint density at radius 3 is 2.29 bits per heavy atom. The zero-order chi connectivity index (χ0) is 15.5. The Morgan fingerprint density at radius 2 is 1.76 bits per heavy atom. The second-order valence-electron chi connectivity index (χ2n) is 6.28. The summed E-state index contributed by atoms with van der Waals surface area (Å²) in [6.45, 7) is 8.35. The Kier molecular flexibility index (Phi) is 4.88. The highest BCUT2D eigenvalue weighted by Gasteiger charge is 2.45. The van der Waals surface area contributed by atoms with Crippen LogP contribution in [0.25, 0.3) is 0 Å². The van der Waals surface area contributed by atoms with Crippen molar-refractivity contribution in [2.45, 2.75) is 45.8 Å². The van der Waals surface area contributed by atoms with Crippen LogP contribution < -0.4 is 5.32 Å². The van der Waals surface area contributed by atoms with Crippen LogP contribution in [0.3, 0.4) is 0 Å². The van der Waals surface area contributed by atoms with Crippen molar-refractivity contribution in [1.29, 1.82) is 0 Å². The predicted octanol–water partition coefficient (Wildman–Crippen LogP) is 0.904. The fourth-order valence-corrected chi connectivity index (χ4v) is 2.79. The number of likely N-dealkylation sites (tertiary alicyclic amines) is 1. The molecule has 1 spiro atoms. The first kappa shape index (κ1) is 16.2. The number of carbonyl (C=O) groups is 2. The number of nitrogens with one attached hydrogen (secondary N) is 1. The molecule has 0 aromatic rings. The predicted molar refractivity (Wildman–Crippen MR) is 77.5 cm³/mol. The van der Waals surface area contributed by atoms with Gasteiger partial charge in [0.2, 0.25) is 11.8 Å².